The molecule has 2 aliphatic carbocycles. The van der Waals surface area contributed by atoms with Gasteiger partial charge in [-0.1, -0.05) is 54.5 Å². The van der Waals surface area contributed by atoms with E-state index in [2.05, 4.69) is 34.1 Å². The predicted octanol–water partition coefficient (Wildman–Crippen LogP) is 6.49. The number of alkyl halides is 2. The van der Waals surface area contributed by atoms with E-state index in [-0.39, 0.29) is 5.92 Å². The molecule has 0 amide bonds. The Morgan fingerprint density at radius 3 is 2.66 bits per heavy atom. The maximum absolute atomic E-state index is 13.1. The largest absolute Gasteiger partial charge is 0.464 e. The molecule has 2 fully saturated rings. The summed E-state index contributed by atoms with van der Waals surface area (Å²) >= 11 is 1.41. The lowest BCUT2D eigenvalue weighted by Crippen LogP contribution is -2.32. The quantitative estimate of drug-likeness (QED) is 0.372. The fraction of sp³-hybridized carbons (Fsp3) is 0.643. The molecule has 0 spiro atoms. The topological polar surface area (TPSA) is 42.4 Å². The highest BCUT2D eigenvalue weighted by Gasteiger charge is 2.43. The van der Waals surface area contributed by atoms with Crippen LogP contribution in [0.4, 0.5) is 8.78 Å². The molecule has 2 aromatic rings. The van der Waals surface area contributed by atoms with Crippen molar-refractivity contribution in [3.63, 3.8) is 0 Å². The van der Waals surface area contributed by atoms with Crippen LogP contribution in [0.5, 0.6) is 5.19 Å². The highest BCUT2D eigenvalue weighted by molar-refractivity contribution is 7.13. The molecule has 2 atom stereocenters. The summed E-state index contributed by atoms with van der Waals surface area (Å²) in [6.07, 6.45) is 8.72. The maximum atomic E-state index is 13.1. The molecule has 0 bridgehead atoms. The fourth-order valence-electron chi connectivity index (χ4n) is 5.81. The van der Waals surface area contributed by atoms with E-state index in [0.717, 1.165) is 57.4 Å². The van der Waals surface area contributed by atoms with Gasteiger partial charge in [0.15, 0.2) is 6.61 Å². The summed E-state index contributed by atoms with van der Waals surface area (Å²) < 4.78 is 31.3. The Labute approximate surface area is 211 Å². The van der Waals surface area contributed by atoms with Gasteiger partial charge in [0, 0.05) is 37.2 Å². The highest BCUT2D eigenvalue weighted by Crippen LogP contribution is 2.49. The summed E-state index contributed by atoms with van der Waals surface area (Å²) in [6.45, 7) is 3.07. The number of carbonyl (C=O) groups excluding carboxylic acids is 1. The van der Waals surface area contributed by atoms with Crippen LogP contribution in [0.1, 0.15) is 73.9 Å². The zero-order chi connectivity index (χ0) is 24.4. The molecule has 190 valence electrons. The highest BCUT2D eigenvalue weighted by atomic mass is 32.1. The van der Waals surface area contributed by atoms with Crippen LogP contribution in [0.3, 0.4) is 0 Å². The van der Waals surface area contributed by atoms with Crippen molar-refractivity contribution in [3.8, 4) is 5.19 Å². The molecule has 5 rings (SSSR count). The van der Waals surface area contributed by atoms with Crippen molar-refractivity contribution in [2.75, 3.05) is 19.7 Å². The number of ether oxygens (including phenoxy) is 1. The van der Waals surface area contributed by atoms with Crippen molar-refractivity contribution in [1.29, 1.82) is 0 Å². The van der Waals surface area contributed by atoms with Gasteiger partial charge >= 0.3 is 0 Å². The molecule has 4 nitrogen and oxygen atoms in total. The lowest BCUT2D eigenvalue weighted by molar-refractivity contribution is -0.121. The van der Waals surface area contributed by atoms with Gasteiger partial charge in [-0.15, -0.1) is 0 Å². The second-order valence-electron chi connectivity index (χ2n) is 10.9. The molecule has 3 aliphatic rings. The molecular weight excluding hydrogens is 466 g/mol. The number of fused-ring (bicyclic) bond motifs is 1. The van der Waals surface area contributed by atoms with Crippen LogP contribution < -0.4 is 4.74 Å². The zero-order valence-corrected chi connectivity index (χ0v) is 21.4. The molecule has 0 unspecified atom stereocenters. The lowest BCUT2D eigenvalue weighted by atomic mass is 9.78. The van der Waals surface area contributed by atoms with Crippen LogP contribution in [0.2, 0.25) is 0 Å². The Kier molecular flexibility index (Phi) is 7.54. The number of thiazole rings is 1. The third-order valence-electron chi connectivity index (χ3n) is 7.98. The number of aromatic nitrogens is 1. The summed E-state index contributed by atoms with van der Waals surface area (Å²) in [7, 11) is 0. The fourth-order valence-corrected chi connectivity index (χ4v) is 6.72. The molecule has 1 aliphatic heterocycles. The van der Waals surface area contributed by atoms with E-state index < -0.39 is 12.5 Å². The minimum Gasteiger partial charge on any atom is -0.464 e. The first kappa shape index (κ1) is 24.8. The first-order chi connectivity index (χ1) is 16.8. The van der Waals surface area contributed by atoms with Gasteiger partial charge in [0.2, 0.25) is 0 Å². The van der Waals surface area contributed by atoms with E-state index in [1.54, 1.807) is 0 Å². The SMILES string of the molecule is CC(F)(F)COc1nc2c(s1)CCN(CCC1CCC(CC(=O)[C@@H]3C[C@H]3c3ccccc3)CC1)C2. The second-order valence-corrected chi connectivity index (χ2v) is 12.0. The van der Waals surface area contributed by atoms with Gasteiger partial charge in [0.05, 0.1) is 5.69 Å². The number of carbonyl (C=O) groups is 1. The normalized spacial score (nSPS) is 26.8. The molecule has 2 heterocycles. The van der Waals surface area contributed by atoms with Crippen LogP contribution in [-0.2, 0) is 17.8 Å². The third kappa shape index (κ3) is 6.67. The van der Waals surface area contributed by atoms with E-state index in [1.165, 1.54) is 53.9 Å². The Morgan fingerprint density at radius 2 is 1.91 bits per heavy atom. The minimum absolute atomic E-state index is 0.259. The zero-order valence-electron chi connectivity index (χ0n) is 20.6. The molecule has 1 aromatic heterocycles. The summed E-state index contributed by atoms with van der Waals surface area (Å²) in [5.74, 6) is -0.334. The number of benzene rings is 1. The number of rotatable bonds is 10. The van der Waals surface area contributed by atoms with Gasteiger partial charge in [0.25, 0.3) is 11.1 Å². The molecule has 1 aromatic carbocycles. The van der Waals surface area contributed by atoms with E-state index in [4.69, 9.17) is 4.74 Å². The predicted molar refractivity (Wildman–Crippen MR) is 134 cm³/mol. The number of hydrogen-bond acceptors (Lipinski definition) is 5. The second kappa shape index (κ2) is 10.6. The van der Waals surface area contributed by atoms with Gasteiger partial charge in [-0.3, -0.25) is 9.69 Å². The third-order valence-corrected chi connectivity index (χ3v) is 9.05. The molecule has 0 saturated heterocycles. The van der Waals surface area contributed by atoms with Crippen LogP contribution >= 0.6 is 11.3 Å². The monoisotopic (exact) mass is 502 g/mol. The van der Waals surface area contributed by atoms with Crippen molar-refractivity contribution >= 4 is 17.1 Å². The summed E-state index contributed by atoms with van der Waals surface area (Å²) in [5, 5.41) is 0.368. The van der Waals surface area contributed by atoms with E-state index in [1.807, 2.05) is 6.07 Å². The van der Waals surface area contributed by atoms with Gasteiger partial charge in [-0.05, 0) is 62.0 Å². The minimum atomic E-state index is -2.84. The van der Waals surface area contributed by atoms with Gasteiger partial charge < -0.3 is 4.74 Å². The average molecular weight is 503 g/mol. The van der Waals surface area contributed by atoms with Crippen molar-refractivity contribution < 1.29 is 18.3 Å². The number of nitrogens with zero attached hydrogens (tertiary/aromatic N) is 2. The van der Waals surface area contributed by atoms with Crippen molar-refractivity contribution in [3.05, 3.63) is 46.5 Å². The Balaban J connectivity index is 1.00. The van der Waals surface area contributed by atoms with Crippen molar-refractivity contribution in [2.24, 2.45) is 17.8 Å². The van der Waals surface area contributed by atoms with Gasteiger partial charge in [-0.2, -0.15) is 0 Å². The molecule has 0 N–H and O–H groups in total. The van der Waals surface area contributed by atoms with E-state index >= 15 is 0 Å². The smallest absolute Gasteiger partial charge is 0.278 e. The first-order valence-electron chi connectivity index (χ1n) is 13.1. The molecular formula is C28H36F2N2O2S. The summed E-state index contributed by atoms with van der Waals surface area (Å²) in [4.78, 5) is 20.9. The van der Waals surface area contributed by atoms with Crippen LogP contribution in [0, 0.1) is 17.8 Å². The average Bonchev–Trinajstić information content (AvgIpc) is 3.55. The van der Waals surface area contributed by atoms with Crippen LogP contribution in [-0.4, -0.2) is 41.3 Å². The van der Waals surface area contributed by atoms with Gasteiger partial charge in [-0.25, -0.2) is 13.8 Å². The van der Waals surface area contributed by atoms with Crippen LogP contribution in [0.15, 0.2) is 30.3 Å². The van der Waals surface area contributed by atoms with Crippen molar-refractivity contribution in [2.45, 2.75) is 76.7 Å². The van der Waals surface area contributed by atoms with E-state index in [0.29, 0.717) is 22.8 Å². The maximum Gasteiger partial charge on any atom is 0.278 e. The molecule has 0 radical (unpaired) electrons. The number of ketones is 1. The van der Waals surface area contributed by atoms with Crippen molar-refractivity contribution in [1.82, 2.24) is 9.88 Å². The van der Waals surface area contributed by atoms with E-state index in [9.17, 15) is 13.6 Å². The number of Topliss-reactive ketones (excluding diaryl/α,β-unsaturated/α-hetero) is 1. The lowest BCUT2D eigenvalue weighted by Gasteiger charge is -2.31. The molecule has 7 heteroatoms. The molecule has 35 heavy (non-hydrogen) atoms. The Hall–Kier alpha value is -1.86. The first-order valence-corrected chi connectivity index (χ1v) is 13.9. The summed E-state index contributed by atoms with van der Waals surface area (Å²) in [5.41, 5.74) is 2.31. The standard InChI is InChI=1S/C28H36F2N2O2S/c1-28(29,30)18-34-27-31-24-17-32(14-12-26(24)35-27)13-11-19-7-9-20(10-8-19)15-25(33)23-16-22(23)21-5-3-2-4-6-21/h2-6,19-20,22-23H,7-18H2,1H3/t19?,20?,22-,23+/m0/s1. The van der Waals surface area contributed by atoms with Crippen LogP contribution in [0.25, 0.3) is 0 Å². The number of halogens is 2. The summed E-state index contributed by atoms with van der Waals surface area (Å²) in [6, 6.07) is 10.5. The Bertz CT molecular complexity index is 998. The number of hydrogen-bond donors (Lipinski definition) is 0. The van der Waals surface area contributed by atoms with Gasteiger partial charge in [0.1, 0.15) is 5.78 Å². The molecule has 2 saturated carbocycles. The Morgan fingerprint density at radius 1 is 1.17 bits per heavy atom.